The molecule has 134 valence electrons. The van der Waals surface area contributed by atoms with Gasteiger partial charge in [0.2, 0.25) is 5.89 Å². The zero-order chi connectivity index (χ0) is 18.8. The number of thioether (sulfide) groups is 1. The first-order chi connectivity index (χ1) is 12.3. The molecule has 3 rings (SSSR count). The smallest absolute Gasteiger partial charge is 0.277 e. The number of hydrogen-bond donors (Lipinski definition) is 0. The Kier molecular flexibility index (Phi) is 5.23. The van der Waals surface area contributed by atoms with Crippen LogP contribution in [-0.4, -0.2) is 21.2 Å². The number of rotatable bonds is 5. The van der Waals surface area contributed by atoms with Crippen LogP contribution >= 0.6 is 11.8 Å². The third-order valence-electron chi connectivity index (χ3n) is 4.25. The van der Waals surface area contributed by atoms with Crippen LogP contribution in [-0.2, 0) is 0 Å². The lowest BCUT2D eigenvalue weighted by molar-refractivity contribution is 0.0993. The average molecular weight is 370 g/mol. The fourth-order valence-electron chi connectivity index (χ4n) is 2.62. The molecule has 0 aliphatic heterocycles. The topological polar surface area (TPSA) is 56.0 Å². The summed E-state index contributed by atoms with van der Waals surface area (Å²) in [5, 5.41) is 7.91. The minimum atomic E-state index is -0.364. The van der Waals surface area contributed by atoms with Crippen LogP contribution in [0, 0.1) is 26.6 Å². The van der Waals surface area contributed by atoms with E-state index in [-0.39, 0.29) is 16.9 Å². The summed E-state index contributed by atoms with van der Waals surface area (Å²) in [6, 6.07) is 9.78. The number of aryl methyl sites for hydroxylation is 3. The van der Waals surface area contributed by atoms with Crippen LogP contribution in [0.1, 0.15) is 34.0 Å². The van der Waals surface area contributed by atoms with E-state index < -0.39 is 0 Å². The molecule has 0 saturated heterocycles. The summed E-state index contributed by atoms with van der Waals surface area (Å²) in [5.41, 5.74) is 4.57. The van der Waals surface area contributed by atoms with E-state index in [1.165, 1.54) is 29.5 Å². The van der Waals surface area contributed by atoms with Crippen molar-refractivity contribution in [3.05, 3.63) is 64.5 Å². The molecule has 1 aromatic heterocycles. The molecule has 26 heavy (non-hydrogen) atoms. The van der Waals surface area contributed by atoms with Crippen LogP contribution in [0.15, 0.2) is 46.0 Å². The highest BCUT2D eigenvalue weighted by atomic mass is 32.2. The number of aromatic nitrogens is 2. The molecule has 0 fully saturated rings. The molecule has 0 radical (unpaired) electrons. The predicted molar refractivity (Wildman–Crippen MR) is 100.0 cm³/mol. The molecule has 0 saturated carbocycles. The van der Waals surface area contributed by atoms with Gasteiger partial charge in [-0.15, -0.1) is 10.2 Å². The molecule has 0 bridgehead atoms. The Morgan fingerprint density at radius 1 is 1.04 bits per heavy atom. The van der Waals surface area contributed by atoms with Gasteiger partial charge in [-0.3, -0.25) is 4.79 Å². The second-order valence-corrected chi connectivity index (χ2v) is 7.55. The number of hydrogen-bond acceptors (Lipinski definition) is 5. The van der Waals surface area contributed by atoms with Crippen LogP contribution in [0.25, 0.3) is 11.5 Å². The lowest BCUT2D eigenvalue weighted by atomic mass is 9.97. The lowest BCUT2D eigenvalue weighted by Gasteiger charge is -2.12. The van der Waals surface area contributed by atoms with Crippen molar-refractivity contribution < 1.29 is 13.6 Å². The number of carbonyl (C=O) groups excluding carboxylic acids is 1. The first kappa shape index (κ1) is 18.3. The van der Waals surface area contributed by atoms with Gasteiger partial charge < -0.3 is 4.42 Å². The highest BCUT2D eigenvalue weighted by molar-refractivity contribution is 8.00. The van der Waals surface area contributed by atoms with Crippen molar-refractivity contribution in [1.29, 1.82) is 0 Å². The SMILES string of the molecule is Cc1cc(C)c(C(=O)C(C)Sc2nnc(-c3ccc(F)cc3)o2)cc1C. The van der Waals surface area contributed by atoms with E-state index in [1.807, 2.05) is 39.8 Å². The van der Waals surface area contributed by atoms with E-state index >= 15 is 0 Å². The van der Waals surface area contributed by atoms with E-state index in [0.717, 1.165) is 11.1 Å². The summed E-state index contributed by atoms with van der Waals surface area (Å²) in [5.74, 6) is -0.00233. The van der Waals surface area contributed by atoms with Crippen LogP contribution in [0.3, 0.4) is 0 Å². The van der Waals surface area contributed by atoms with Crippen molar-refractivity contribution >= 4 is 17.5 Å². The third kappa shape index (κ3) is 3.85. The zero-order valence-corrected chi connectivity index (χ0v) is 15.9. The normalized spacial score (nSPS) is 12.2. The molecule has 0 spiro atoms. The maximum Gasteiger partial charge on any atom is 0.277 e. The van der Waals surface area contributed by atoms with Gasteiger partial charge in [0, 0.05) is 11.1 Å². The lowest BCUT2D eigenvalue weighted by Crippen LogP contribution is -2.15. The van der Waals surface area contributed by atoms with Gasteiger partial charge in [-0.2, -0.15) is 0 Å². The minimum absolute atomic E-state index is 0.0251. The van der Waals surface area contributed by atoms with Crippen LogP contribution < -0.4 is 0 Å². The van der Waals surface area contributed by atoms with Crippen molar-refractivity contribution in [2.75, 3.05) is 0 Å². The van der Waals surface area contributed by atoms with E-state index in [4.69, 9.17) is 4.42 Å². The second-order valence-electron chi connectivity index (χ2n) is 6.26. The highest BCUT2D eigenvalue weighted by Crippen LogP contribution is 2.29. The maximum absolute atomic E-state index is 13.0. The number of benzene rings is 2. The molecule has 0 aliphatic rings. The molecule has 1 heterocycles. The summed E-state index contributed by atoms with van der Waals surface area (Å²) in [6.45, 7) is 7.79. The van der Waals surface area contributed by atoms with Crippen molar-refractivity contribution in [3.8, 4) is 11.5 Å². The standard InChI is InChI=1S/C20H19FN2O2S/c1-11-9-13(3)17(10-12(11)2)18(24)14(4)26-20-23-22-19(25-20)15-5-7-16(21)8-6-15/h5-10,14H,1-4H3. The van der Waals surface area contributed by atoms with Crippen molar-refractivity contribution in [3.63, 3.8) is 0 Å². The minimum Gasteiger partial charge on any atom is -0.411 e. The molecule has 1 atom stereocenters. The molecule has 3 aromatic rings. The van der Waals surface area contributed by atoms with Crippen molar-refractivity contribution in [2.45, 2.75) is 38.2 Å². The summed E-state index contributed by atoms with van der Waals surface area (Å²) in [6.07, 6.45) is 0. The fraction of sp³-hybridized carbons (Fsp3) is 0.250. The molecule has 0 amide bonds. The van der Waals surface area contributed by atoms with Gasteiger partial charge in [-0.05, 0) is 74.7 Å². The van der Waals surface area contributed by atoms with Gasteiger partial charge in [0.15, 0.2) is 5.78 Å². The Morgan fingerprint density at radius 3 is 2.38 bits per heavy atom. The molecule has 0 N–H and O–H groups in total. The largest absolute Gasteiger partial charge is 0.411 e. The number of ketones is 1. The van der Waals surface area contributed by atoms with Crippen molar-refractivity contribution in [2.24, 2.45) is 0 Å². The number of halogens is 1. The number of carbonyl (C=O) groups is 1. The monoisotopic (exact) mass is 370 g/mol. The third-order valence-corrected chi connectivity index (χ3v) is 5.18. The Hall–Kier alpha value is -2.47. The summed E-state index contributed by atoms with van der Waals surface area (Å²) in [7, 11) is 0. The Labute approximate surface area is 155 Å². The van der Waals surface area contributed by atoms with Crippen LogP contribution in [0.2, 0.25) is 0 Å². The molecule has 4 nitrogen and oxygen atoms in total. The second kappa shape index (κ2) is 7.41. The average Bonchev–Trinajstić information content (AvgIpc) is 3.06. The van der Waals surface area contributed by atoms with Crippen molar-refractivity contribution in [1.82, 2.24) is 10.2 Å². The Bertz CT molecular complexity index is 951. The van der Waals surface area contributed by atoms with Gasteiger partial charge in [0.1, 0.15) is 5.82 Å². The Morgan fingerprint density at radius 2 is 1.69 bits per heavy atom. The first-order valence-electron chi connectivity index (χ1n) is 8.23. The maximum atomic E-state index is 13.0. The van der Waals surface area contributed by atoms with E-state index in [0.29, 0.717) is 22.2 Å². The number of nitrogens with zero attached hydrogens (tertiary/aromatic N) is 2. The van der Waals surface area contributed by atoms with Crippen LogP contribution in [0.4, 0.5) is 4.39 Å². The highest BCUT2D eigenvalue weighted by Gasteiger charge is 2.22. The van der Waals surface area contributed by atoms with E-state index in [1.54, 1.807) is 12.1 Å². The number of Topliss-reactive ketones (excluding diaryl/α,β-unsaturated/α-hetero) is 1. The fourth-order valence-corrected chi connectivity index (χ4v) is 3.37. The summed E-state index contributed by atoms with van der Waals surface area (Å²) >= 11 is 1.22. The van der Waals surface area contributed by atoms with E-state index in [2.05, 4.69) is 10.2 Å². The van der Waals surface area contributed by atoms with Gasteiger partial charge in [0.05, 0.1) is 5.25 Å². The summed E-state index contributed by atoms with van der Waals surface area (Å²) < 4.78 is 18.6. The van der Waals surface area contributed by atoms with Gasteiger partial charge in [-0.25, -0.2) is 4.39 Å². The molecule has 6 heteroatoms. The molecular formula is C20H19FN2O2S. The van der Waals surface area contributed by atoms with E-state index in [9.17, 15) is 9.18 Å². The van der Waals surface area contributed by atoms with Gasteiger partial charge in [-0.1, -0.05) is 17.8 Å². The molecule has 1 unspecified atom stereocenters. The van der Waals surface area contributed by atoms with Crippen LogP contribution in [0.5, 0.6) is 0 Å². The Balaban J connectivity index is 1.76. The zero-order valence-electron chi connectivity index (χ0n) is 15.0. The first-order valence-corrected chi connectivity index (χ1v) is 9.11. The predicted octanol–water partition coefficient (Wildman–Crippen LogP) is 5.16. The molecule has 0 aliphatic carbocycles. The summed E-state index contributed by atoms with van der Waals surface area (Å²) in [4.78, 5) is 12.8. The van der Waals surface area contributed by atoms with Gasteiger partial charge in [0.25, 0.3) is 5.22 Å². The van der Waals surface area contributed by atoms with Gasteiger partial charge >= 0.3 is 0 Å². The molecular weight excluding hydrogens is 351 g/mol. The molecule has 2 aromatic carbocycles. The quantitative estimate of drug-likeness (QED) is 0.458.